The number of alkyl halides is 3. The van der Waals surface area contributed by atoms with Gasteiger partial charge in [0.15, 0.2) is 0 Å². The smallest absolute Gasteiger partial charge is 0.321 e. The van der Waals surface area contributed by atoms with Crippen molar-refractivity contribution in [1.29, 1.82) is 0 Å². The number of anilines is 1. The fraction of sp³-hybridized carbons (Fsp3) is 0.238. The number of halogens is 4. The summed E-state index contributed by atoms with van der Waals surface area (Å²) in [6, 6.07) is 9.34. The summed E-state index contributed by atoms with van der Waals surface area (Å²) in [4.78, 5) is 25.6. The van der Waals surface area contributed by atoms with E-state index in [1.807, 2.05) is 6.92 Å². The molecular weight excluding hydrogens is 388 g/mol. The van der Waals surface area contributed by atoms with Crippen molar-refractivity contribution in [1.82, 2.24) is 4.57 Å². The Morgan fingerprint density at radius 2 is 1.86 bits per heavy atom. The van der Waals surface area contributed by atoms with Crippen molar-refractivity contribution in [2.75, 3.05) is 5.32 Å². The van der Waals surface area contributed by atoms with E-state index in [9.17, 15) is 27.2 Å². The largest absolute Gasteiger partial charge is 0.416 e. The molecule has 0 unspecified atom stereocenters. The number of benzene rings is 2. The third kappa shape index (κ3) is 4.47. The number of rotatable bonds is 5. The Morgan fingerprint density at radius 3 is 2.55 bits per heavy atom. The van der Waals surface area contributed by atoms with Gasteiger partial charge in [0.1, 0.15) is 11.5 Å². The highest BCUT2D eigenvalue weighted by molar-refractivity contribution is 6.05. The molecule has 0 aliphatic carbocycles. The van der Waals surface area contributed by atoms with E-state index in [0.717, 1.165) is 24.6 Å². The normalized spacial score (nSPS) is 11.6. The van der Waals surface area contributed by atoms with Crippen LogP contribution in [0.1, 0.15) is 35.8 Å². The Morgan fingerprint density at radius 1 is 1.10 bits per heavy atom. The second-order valence-electron chi connectivity index (χ2n) is 6.60. The van der Waals surface area contributed by atoms with Crippen LogP contribution in [-0.2, 0) is 12.7 Å². The number of amides is 1. The van der Waals surface area contributed by atoms with Gasteiger partial charge >= 0.3 is 6.18 Å². The standard InChI is InChI=1S/C21H18F4N2O2/c1-2-3-9-27-18(10-13-7-8-15(22)12-17(13)20(27)29)19(28)26-16-6-4-5-14(11-16)21(23,24)25/h4-8,10-12H,2-3,9H2,1H3,(H,26,28). The van der Waals surface area contributed by atoms with Crippen molar-refractivity contribution in [2.45, 2.75) is 32.5 Å². The van der Waals surface area contributed by atoms with Crippen LogP contribution < -0.4 is 10.9 Å². The zero-order chi connectivity index (χ0) is 21.2. The number of nitrogens with one attached hydrogen (secondary N) is 1. The van der Waals surface area contributed by atoms with E-state index in [0.29, 0.717) is 11.8 Å². The van der Waals surface area contributed by atoms with E-state index in [1.165, 1.54) is 34.9 Å². The van der Waals surface area contributed by atoms with Crippen LogP contribution >= 0.6 is 0 Å². The highest BCUT2D eigenvalue weighted by atomic mass is 19.4. The number of pyridine rings is 1. The van der Waals surface area contributed by atoms with Gasteiger partial charge < -0.3 is 9.88 Å². The van der Waals surface area contributed by atoms with Gasteiger partial charge in [0.25, 0.3) is 11.5 Å². The van der Waals surface area contributed by atoms with E-state index in [-0.39, 0.29) is 23.3 Å². The van der Waals surface area contributed by atoms with Crippen LogP contribution in [0.15, 0.2) is 53.3 Å². The van der Waals surface area contributed by atoms with E-state index in [4.69, 9.17) is 0 Å². The first kappa shape index (κ1) is 20.6. The van der Waals surface area contributed by atoms with Crippen molar-refractivity contribution >= 4 is 22.4 Å². The lowest BCUT2D eigenvalue weighted by molar-refractivity contribution is -0.137. The van der Waals surface area contributed by atoms with Crippen molar-refractivity contribution in [3.05, 3.63) is 76.0 Å². The van der Waals surface area contributed by atoms with E-state index in [1.54, 1.807) is 0 Å². The average Bonchev–Trinajstić information content (AvgIpc) is 2.67. The van der Waals surface area contributed by atoms with Gasteiger partial charge in [0.05, 0.1) is 10.9 Å². The molecule has 3 aromatic rings. The van der Waals surface area contributed by atoms with Crippen LogP contribution in [0.2, 0.25) is 0 Å². The van der Waals surface area contributed by atoms with E-state index in [2.05, 4.69) is 5.32 Å². The molecule has 0 saturated heterocycles. The Kier molecular flexibility index (Phi) is 5.72. The Bertz CT molecular complexity index is 1120. The molecule has 29 heavy (non-hydrogen) atoms. The molecule has 2 aromatic carbocycles. The summed E-state index contributed by atoms with van der Waals surface area (Å²) in [6.07, 6.45) is -3.19. The second kappa shape index (κ2) is 8.06. The van der Waals surface area contributed by atoms with Crippen LogP contribution in [0.4, 0.5) is 23.2 Å². The van der Waals surface area contributed by atoms with Gasteiger partial charge in [-0.2, -0.15) is 13.2 Å². The van der Waals surface area contributed by atoms with Gasteiger partial charge in [0.2, 0.25) is 0 Å². The van der Waals surface area contributed by atoms with Crippen LogP contribution in [0, 0.1) is 5.82 Å². The first-order valence-corrected chi connectivity index (χ1v) is 9.02. The van der Waals surface area contributed by atoms with Gasteiger partial charge in [-0.1, -0.05) is 25.5 Å². The monoisotopic (exact) mass is 406 g/mol. The summed E-state index contributed by atoms with van der Waals surface area (Å²) in [5.74, 6) is -1.29. The molecule has 1 heterocycles. The summed E-state index contributed by atoms with van der Waals surface area (Å²) in [5, 5.41) is 2.93. The number of unbranched alkanes of at least 4 members (excludes halogenated alkanes) is 1. The molecule has 0 saturated carbocycles. The Labute approximate surface area is 163 Å². The van der Waals surface area contributed by atoms with Crippen LogP contribution in [0.25, 0.3) is 10.8 Å². The zero-order valence-corrected chi connectivity index (χ0v) is 15.5. The van der Waals surface area contributed by atoms with Gasteiger partial charge in [0, 0.05) is 12.2 Å². The van der Waals surface area contributed by atoms with Gasteiger partial charge in [-0.15, -0.1) is 0 Å². The first-order valence-electron chi connectivity index (χ1n) is 9.02. The predicted molar refractivity (Wildman–Crippen MR) is 102 cm³/mol. The number of carbonyl (C=O) groups excluding carboxylic acids is 1. The molecule has 0 spiro atoms. The SMILES string of the molecule is CCCCn1c(C(=O)Nc2cccc(C(F)(F)F)c2)cc2ccc(F)cc2c1=O. The predicted octanol–water partition coefficient (Wildman–Crippen LogP) is 5.21. The van der Waals surface area contributed by atoms with Crippen molar-refractivity contribution in [3.63, 3.8) is 0 Å². The molecule has 0 radical (unpaired) electrons. The quantitative estimate of drug-likeness (QED) is 0.592. The summed E-state index contributed by atoms with van der Waals surface area (Å²) >= 11 is 0. The van der Waals surface area contributed by atoms with E-state index >= 15 is 0 Å². The lowest BCUT2D eigenvalue weighted by Gasteiger charge is -2.15. The number of carbonyl (C=O) groups is 1. The number of hydrogen-bond donors (Lipinski definition) is 1. The number of hydrogen-bond acceptors (Lipinski definition) is 2. The minimum absolute atomic E-state index is 0.0000279. The molecule has 0 aliphatic heterocycles. The third-order valence-electron chi connectivity index (χ3n) is 4.49. The molecule has 1 aromatic heterocycles. The molecule has 1 amide bonds. The van der Waals surface area contributed by atoms with Gasteiger partial charge in [-0.25, -0.2) is 4.39 Å². The highest BCUT2D eigenvalue weighted by Gasteiger charge is 2.30. The minimum Gasteiger partial charge on any atom is -0.321 e. The molecule has 0 atom stereocenters. The zero-order valence-electron chi connectivity index (χ0n) is 15.5. The topological polar surface area (TPSA) is 51.1 Å². The average molecular weight is 406 g/mol. The fourth-order valence-electron chi connectivity index (χ4n) is 3.01. The Hall–Kier alpha value is -3.16. The van der Waals surface area contributed by atoms with E-state index < -0.39 is 29.0 Å². The van der Waals surface area contributed by atoms with Crippen LogP contribution in [0.3, 0.4) is 0 Å². The minimum atomic E-state index is -4.54. The molecule has 152 valence electrons. The third-order valence-corrected chi connectivity index (χ3v) is 4.49. The molecule has 1 N–H and O–H groups in total. The maximum Gasteiger partial charge on any atom is 0.416 e. The lowest BCUT2D eigenvalue weighted by atomic mass is 10.1. The number of fused-ring (bicyclic) bond motifs is 1. The molecule has 4 nitrogen and oxygen atoms in total. The van der Waals surface area contributed by atoms with Gasteiger partial charge in [-0.3, -0.25) is 9.59 Å². The first-order chi connectivity index (χ1) is 13.7. The fourth-order valence-corrected chi connectivity index (χ4v) is 3.01. The molecular formula is C21H18F4N2O2. The summed E-state index contributed by atoms with van der Waals surface area (Å²) in [6.45, 7) is 2.14. The summed E-state index contributed by atoms with van der Waals surface area (Å²) in [7, 11) is 0. The summed E-state index contributed by atoms with van der Waals surface area (Å²) < 4.78 is 53.5. The Balaban J connectivity index is 2.04. The van der Waals surface area contributed by atoms with Crippen molar-refractivity contribution in [2.24, 2.45) is 0 Å². The number of aromatic nitrogens is 1. The maximum atomic E-state index is 13.6. The number of nitrogens with zero attached hydrogens (tertiary/aromatic N) is 1. The molecule has 8 heteroatoms. The molecule has 3 rings (SSSR count). The van der Waals surface area contributed by atoms with Gasteiger partial charge in [-0.05, 0) is 48.2 Å². The highest BCUT2D eigenvalue weighted by Crippen LogP contribution is 2.30. The van der Waals surface area contributed by atoms with Crippen molar-refractivity contribution < 1.29 is 22.4 Å². The molecule has 0 bridgehead atoms. The molecule has 0 aliphatic rings. The van der Waals surface area contributed by atoms with Crippen LogP contribution in [-0.4, -0.2) is 10.5 Å². The molecule has 0 fully saturated rings. The summed E-state index contributed by atoms with van der Waals surface area (Å²) in [5.41, 5.74) is -1.46. The maximum absolute atomic E-state index is 13.6. The lowest BCUT2D eigenvalue weighted by Crippen LogP contribution is -2.29. The van der Waals surface area contributed by atoms with Crippen molar-refractivity contribution in [3.8, 4) is 0 Å². The second-order valence-corrected chi connectivity index (χ2v) is 6.60. The van der Waals surface area contributed by atoms with Crippen LogP contribution in [0.5, 0.6) is 0 Å².